The van der Waals surface area contributed by atoms with Gasteiger partial charge in [-0.2, -0.15) is 0 Å². The molecule has 0 spiro atoms. The number of amides is 1. The first kappa shape index (κ1) is 13.1. The molecule has 1 fully saturated rings. The lowest BCUT2D eigenvalue weighted by atomic mass is 9.90. The van der Waals surface area contributed by atoms with Gasteiger partial charge in [0.1, 0.15) is 0 Å². The van der Waals surface area contributed by atoms with Gasteiger partial charge in [-0.1, -0.05) is 19.1 Å². The lowest BCUT2D eigenvalue weighted by Gasteiger charge is -2.33. The summed E-state index contributed by atoms with van der Waals surface area (Å²) in [6, 6.07) is 8.07. The molecule has 0 saturated carbocycles. The van der Waals surface area contributed by atoms with E-state index < -0.39 is 5.54 Å². The van der Waals surface area contributed by atoms with Crippen LogP contribution < -0.4 is 10.6 Å². The molecule has 3 nitrogen and oxygen atoms in total. The quantitative estimate of drug-likeness (QED) is 0.861. The Bertz CT molecular complexity index is 405. The van der Waals surface area contributed by atoms with Crippen molar-refractivity contribution in [3.63, 3.8) is 0 Å². The first-order valence-electron chi connectivity index (χ1n) is 6.79. The van der Waals surface area contributed by atoms with E-state index in [0.717, 1.165) is 37.9 Å². The molecule has 1 atom stereocenters. The van der Waals surface area contributed by atoms with Crippen molar-refractivity contribution in [3.05, 3.63) is 29.8 Å². The maximum absolute atomic E-state index is 12.3. The first-order valence-corrected chi connectivity index (χ1v) is 6.79. The smallest absolute Gasteiger partial charge is 0.244 e. The minimum atomic E-state index is -0.415. The third kappa shape index (κ3) is 2.91. The summed E-state index contributed by atoms with van der Waals surface area (Å²) in [4.78, 5) is 12.3. The average Bonchev–Trinajstić information content (AvgIpc) is 2.40. The normalized spacial score (nSPS) is 23.7. The summed E-state index contributed by atoms with van der Waals surface area (Å²) < 4.78 is 0. The highest BCUT2D eigenvalue weighted by Crippen LogP contribution is 2.21. The van der Waals surface area contributed by atoms with Crippen molar-refractivity contribution in [1.82, 2.24) is 5.32 Å². The maximum atomic E-state index is 12.3. The summed E-state index contributed by atoms with van der Waals surface area (Å²) in [5, 5.41) is 6.33. The highest BCUT2D eigenvalue weighted by molar-refractivity contribution is 5.97. The molecular formula is C15H22N2O. The number of carbonyl (C=O) groups is 1. The van der Waals surface area contributed by atoms with Gasteiger partial charge in [0.15, 0.2) is 0 Å². The van der Waals surface area contributed by atoms with E-state index in [4.69, 9.17) is 0 Å². The monoisotopic (exact) mass is 246 g/mol. The summed E-state index contributed by atoms with van der Waals surface area (Å²) in [6.45, 7) is 5.04. The molecule has 98 valence electrons. The third-order valence-corrected chi connectivity index (χ3v) is 3.74. The molecule has 2 rings (SSSR count). The van der Waals surface area contributed by atoms with Crippen LogP contribution in [-0.4, -0.2) is 18.0 Å². The van der Waals surface area contributed by atoms with E-state index in [9.17, 15) is 4.79 Å². The van der Waals surface area contributed by atoms with E-state index >= 15 is 0 Å². The third-order valence-electron chi connectivity index (χ3n) is 3.74. The van der Waals surface area contributed by atoms with Gasteiger partial charge in [-0.05, 0) is 56.8 Å². The van der Waals surface area contributed by atoms with Crippen LogP contribution in [0.5, 0.6) is 0 Å². The Balaban J connectivity index is 2.01. The second-order valence-corrected chi connectivity index (χ2v) is 5.22. The lowest BCUT2D eigenvalue weighted by Crippen LogP contribution is -2.54. The molecule has 1 heterocycles. The van der Waals surface area contributed by atoms with E-state index in [-0.39, 0.29) is 5.91 Å². The van der Waals surface area contributed by atoms with Crippen molar-refractivity contribution in [2.75, 3.05) is 11.9 Å². The van der Waals surface area contributed by atoms with E-state index in [1.807, 2.05) is 19.1 Å². The van der Waals surface area contributed by atoms with E-state index in [1.165, 1.54) is 5.56 Å². The van der Waals surface area contributed by atoms with Gasteiger partial charge in [0.05, 0.1) is 5.54 Å². The van der Waals surface area contributed by atoms with Crippen molar-refractivity contribution in [3.8, 4) is 0 Å². The summed E-state index contributed by atoms with van der Waals surface area (Å²) >= 11 is 0. The van der Waals surface area contributed by atoms with Crippen LogP contribution in [-0.2, 0) is 11.2 Å². The number of benzene rings is 1. The van der Waals surface area contributed by atoms with Gasteiger partial charge in [0, 0.05) is 5.69 Å². The highest BCUT2D eigenvalue weighted by Gasteiger charge is 2.34. The molecule has 0 bridgehead atoms. The molecule has 1 aromatic carbocycles. The van der Waals surface area contributed by atoms with Crippen molar-refractivity contribution in [2.24, 2.45) is 0 Å². The van der Waals surface area contributed by atoms with Crippen molar-refractivity contribution in [2.45, 2.75) is 45.1 Å². The number of carbonyl (C=O) groups excluding carboxylic acids is 1. The zero-order valence-electron chi connectivity index (χ0n) is 11.3. The molecule has 1 aliphatic rings. The minimum absolute atomic E-state index is 0.0754. The maximum Gasteiger partial charge on any atom is 0.244 e. The van der Waals surface area contributed by atoms with Crippen LogP contribution in [0.3, 0.4) is 0 Å². The predicted molar refractivity (Wildman–Crippen MR) is 74.7 cm³/mol. The molecule has 1 saturated heterocycles. The summed E-state index contributed by atoms with van der Waals surface area (Å²) in [5.41, 5.74) is 1.75. The fourth-order valence-electron chi connectivity index (χ4n) is 2.34. The molecule has 0 aromatic heterocycles. The molecule has 1 amide bonds. The summed E-state index contributed by atoms with van der Waals surface area (Å²) in [6.07, 6.45) is 4.21. The topological polar surface area (TPSA) is 41.1 Å². The fraction of sp³-hybridized carbons (Fsp3) is 0.533. The van der Waals surface area contributed by atoms with Crippen LogP contribution in [0.4, 0.5) is 5.69 Å². The van der Waals surface area contributed by atoms with Gasteiger partial charge >= 0.3 is 0 Å². The number of aryl methyl sites for hydroxylation is 1. The molecule has 1 aromatic rings. The van der Waals surface area contributed by atoms with Crippen molar-refractivity contribution >= 4 is 11.6 Å². The number of anilines is 1. The summed E-state index contributed by atoms with van der Waals surface area (Å²) in [5.74, 6) is 0.0754. The average molecular weight is 246 g/mol. The van der Waals surface area contributed by atoms with Gasteiger partial charge in [0.2, 0.25) is 5.91 Å². The molecular weight excluding hydrogens is 224 g/mol. The van der Waals surface area contributed by atoms with Crippen molar-refractivity contribution < 1.29 is 4.79 Å². The Morgan fingerprint density at radius 2 is 2.06 bits per heavy atom. The fourth-order valence-corrected chi connectivity index (χ4v) is 2.34. The Labute approximate surface area is 109 Å². The van der Waals surface area contributed by atoms with E-state index in [0.29, 0.717) is 0 Å². The molecule has 0 aliphatic carbocycles. The largest absolute Gasteiger partial charge is 0.324 e. The Morgan fingerprint density at radius 1 is 1.33 bits per heavy atom. The van der Waals surface area contributed by atoms with E-state index in [1.54, 1.807) is 0 Å². The number of hydrogen-bond donors (Lipinski definition) is 2. The zero-order chi connectivity index (χ0) is 13.0. The number of piperidine rings is 1. The number of rotatable bonds is 3. The van der Waals surface area contributed by atoms with Gasteiger partial charge in [-0.3, -0.25) is 4.79 Å². The standard InChI is InChI=1S/C15H22N2O/c1-3-12-6-8-13(9-7-12)17-14(18)15(2)10-4-5-11-16-15/h6-9,16H,3-5,10-11H2,1-2H3,(H,17,18). The zero-order valence-corrected chi connectivity index (χ0v) is 11.3. The summed E-state index contributed by atoms with van der Waals surface area (Å²) in [7, 11) is 0. The Morgan fingerprint density at radius 3 is 2.61 bits per heavy atom. The predicted octanol–water partition coefficient (Wildman–Crippen LogP) is 2.72. The minimum Gasteiger partial charge on any atom is -0.324 e. The molecule has 3 heteroatoms. The van der Waals surface area contributed by atoms with Crippen LogP contribution in [0.15, 0.2) is 24.3 Å². The van der Waals surface area contributed by atoms with Gasteiger partial charge in [-0.15, -0.1) is 0 Å². The Hall–Kier alpha value is -1.35. The van der Waals surface area contributed by atoms with Gasteiger partial charge < -0.3 is 10.6 Å². The molecule has 1 unspecified atom stereocenters. The van der Waals surface area contributed by atoms with Crippen LogP contribution >= 0.6 is 0 Å². The van der Waals surface area contributed by atoms with Gasteiger partial charge in [0.25, 0.3) is 0 Å². The van der Waals surface area contributed by atoms with Gasteiger partial charge in [-0.25, -0.2) is 0 Å². The first-order chi connectivity index (χ1) is 8.64. The van der Waals surface area contributed by atoms with Crippen LogP contribution in [0.25, 0.3) is 0 Å². The molecule has 2 N–H and O–H groups in total. The molecule has 1 aliphatic heterocycles. The second kappa shape index (κ2) is 5.53. The van der Waals surface area contributed by atoms with E-state index in [2.05, 4.69) is 29.7 Å². The van der Waals surface area contributed by atoms with Crippen molar-refractivity contribution in [1.29, 1.82) is 0 Å². The van der Waals surface area contributed by atoms with Crippen LogP contribution in [0.2, 0.25) is 0 Å². The SMILES string of the molecule is CCc1ccc(NC(=O)C2(C)CCCCN2)cc1. The molecule has 18 heavy (non-hydrogen) atoms. The van der Waals surface area contributed by atoms with Crippen LogP contribution in [0.1, 0.15) is 38.7 Å². The Kier molecular flexibility index (Phi) is 4.02. The number of hydrogen-bond acceptors (Lipinski definition) is 2. The molecule has 0 radical (unpaired) electrons. The second-order valence-electron chi connectivity index (χ2n) is 5.22. The lowest BCUT2D eigenvalue weighted by molar-refractivity contribution is -0.122. The highest BCUT2D eigenvalue weighted by atomic mass is 16.2. The van der Waals surface area contributed by atoms with Crippen LogP contribution in [0, 0.1) is 0 Å². The number of nitrogens with one attached hydrogen (secondary N) is 2.